The summed E-state index contributed by atoms with van der Waals surface area (Å²) in [6.45, 7) is 2.94. The first-order valence-electron chi connectivity index (χ1n) is 5.00. The summed E-state index contributed by atoms with van der Waals surface area (Å²) in [5.74, 6) is 0.930. The molecule has 4 nitrogen and oxygen atoms in total. The Kier molecular flexibility index (Phi) is 3.21. The van der Waals surface area contributed by atoms with Crippen LogP contribution in [0.25, 0.3) is 0 Å². The van der Waals surface area contributed by atoms with Crippen molar-refractivity contribution in [2.24, 2.45) is 0 Å². The smallest absolute Gasteiger partial charge is 0.133 e. The minimum Gasteiger partial charge on any atom is -0.376 e. The van der Waals surface area contributed by atoms with Crippen molar-refractivity contribution in [1.82, 2.24) is 9.97 Å². The van der Waals surface area contributed by atoms with E-state index in [1.54, 1.807) is 6.33 Å². The van der Waals surface area contributed by atoms with E-state index in [2.05, 4.69) is 37.7 Å². The maximum atomic E-state index is 5.54. The maximum Gasteiger partial charge on any atom is 0.133 e. The lowest BCUT2D eigenvalue weighted by molar-refractivity contribution is 0.118. The van der Waals surface area contributed by atoms with E-state index in [0.717, 1.165) is 23.4 Å². The van der Waals surface area contributed by atoms with E-state index in [4.69, 9.17) is 4.74 Å². The van der Waals surface area contributed by atoms with Gasteiger partial charge in [-0.15, -0.1) is 0 Å². The Bertz CT molecular complexity index is 347. The van der Waals surface area contributed by atoms with Gasteiger partial charge in [0.2, 0.25) is 0 Å². The number of hydrogen-bond acceptors (Lipinski definition) is 4. The highest BCUT2D eigenvalue weighted by molar-refractivity contribution is 9.10. The van der Waals surface area contributed by atoms with Crippen LogP contribution in [0.1, 0.15) is 13.3 Å². The van der Waals surface area contributed by atoms with Crippen LogP contribution in [0.4, 0.5) is 5.82 Å². The summed E-state index contributed by atoms with van der Waals surface area (Å²) in [4.78, 5) is 10.4. The lowest BCUT2D eigenvalue weighted by Gasteiger charge is -2.27. The first-order valence-corrected chi connectivity index (χ1v) is 5.80. The standard InChI is InChI=1S/C10H14BrN3O/c1-7-8(3-4-15-7)14(2)10-5-9(11)12-6-13-10/h5-8H,3-4H2,1-2H3. The summed E-state index contributed by atoms with van der Waals surface area (Å²) in [6.07, 6.45) is 2.89. The highest BCUT2D eigenvalue weighted by Gasteiger charge is 2.28. The number of halogens is 1. The Morgan fingerprint density at radius 3 is 2.93 bits per heavy atom. The van der Waals surface area contributed by atoms with Crippen LogP contribution in [0.5, 0.6) is 0 Å². The number of anilines is 1. The van der Waals surface area contributed by atoms with Crippen LogP contribution in [-0.2, 0) is 4.74 Å². The van der Waals surface area contributed by atoms with Gasteiger partial charge in [-0.25, -0.2) is 9.97 Å². The first kappa shape index (κ1) is 10.8. The number of nitrogens with zero attached hydrogens (tertiary/aromatic N) is 3. The zero-order valence-electron chi connectivity index (χ0n) is 8.85. The van der Waals surface area contributed by atoms with Crippen LogP contribution in [-0.4, -0.2) is 35.8 Å². The second-order valence-electron chi connectivity index (χ2n) is 3.74. The van der Waals surface area contributed by atoms with Gasteiger partial charge in [-0.1, -0.05) is 0 Å². The van der Waals surface area contributed by atoms with E-state index in [-0.39, 0.29) is 6.10 Å². The van der Waals surface area contributed by atoms with Gasteiger partial charge in [0.25, 0.3) is 0 Å². The van der Waals surface area contributed by atoms with Crippen molar-refractivity contribution in [3.63, 3.8) is 0 Å². The second-order valence-corrected chi connectivity index (χ2v) is 4.55. The molecule has 0 spiro atoms. The van der Waals surface area contributed by atoms with Gasteiger partial charge in [-0.05, 0) is 29.3 Å². The Morgan fingerprint density at radius 2 is 2.33 bits per heavy atom. The highest BCUT2D eigenvalue weighted by atomic mass is 79.9. The average Bonchev–Trinajstić information content (AvgIpc) is 2.63. The van der Waals surface area contributed by atoms with Gasteiger partial charge in [-0.2, -0.15) is 0 Å². The van der Waals surface area contributed by atoms with Gasteiger partial charge in [0.1, 0.15) is 16.7 Å². The molecule has 0 radical (unpaired) electrons. The molecule has 2 unspecified atom stereocenters. The highest BCUT2D eigenvalue weighted by Crippen LogP contribution is 2.23. The molecular weight excluding hydrogens is 258 g/mol. The largest absolute Gasteiger partial charge is 0.376 e. The number of ether oxygens (including phenoxy) is 1. The fourth-order valence-corrected chi connectivity index (χ4v) is 2.21. The van der Waals surface area contributed by atoms with Crippen LogP contribution in [0, 0.1) is 0 Å². The minimum atomic E-state index is 0.267. The third-order valence-electron chi connectivity index (χ3n) is 2.81. The van der Waals surface area contributed by atoms with Gasteiger partial charge in [0.15, 0.2) is 0 Å². The predicted octanol–water partition coefficient (Wildman–Crippen LogP) is 1.85. The molecule has 2 heterocycles. The van der Waals surface area contributed by atoms with Gasteiger partial charge in [-0.3, -0.25) is 0 Å². The number of likely N-dealkylation sites (N-methyl/N-ethyl adjacent to an activating group) is 1. The summed E-state index contributed by atoms with van der Waals surface area (Å²) >= 11 is 3.35. The van der Waals surface area contributed by atoms with E-state index in [1.807, 2.05) is 13.1 Å². The van der Waals surface area contributed by atoms with Crippen molar-refractivity contribution < 1.29 is 4.74 Å². The zero-order valence-corrected chi connectivity index (χ0v) is 10.4. The Balaban J connectivity index is 2.16. The molecule has 0 amide bonds. The topological polar surface area (TPSA) is 38.2 Å². The molecule has 2 atom stereocenters. The van der Waals surface area contributed by atoms with Crippen molar-refractivity contribution in [3.8, 4) is 0 Å². The number of rotatable bonds is 2. The minimum absolute atomic E-state index is 0.267. The van der Waals surface area contributed by atoms with Crippen molar-refractivity contribution in [3.05, 3.63) is 17.0 Å². The second kappa shape index (κ2) is 4.45. The molecule has 0 aromatic carbocycles. The summed E-state index contributed by atoms with van der Waals surface area (Å²) < 4.78 is 6.35. The van der Waals surface area contributed by atoms with E-state index in [9.17, 15) is 0 Å². The fourth-order valence-electron chi connectivity index (χ4n) is 1.92. The summed E-state index contributed by atoms with van der Waals surface area (Å²) in [6, 6.07) is 2.33. The molecule has 1 aromatic rings. The summed E-state index contributed by atoms with van der Waals surface area (Å²) in [5, 5.41) is 0. The van der Waals surface area contributed by atoms with Crippen LogP contribution >= 0.6 is 15.9 Å². The fraction of sp³-hybridized carbons (Fsp3) is 0.600. The summed E-state index contributed by atoms with van der Waals surface area (Å²) in [7, 11) is 2.05. The van der Waals surface area contributed by atoms with E-state index < -0.39 is 0 Å². The third kappa shape index (κ3) is 2.29. The third-order valence-corrected chi connectivity index (χ3v) is 3.25. The first-order chi connectivity index (χ1) is 7.18. The molecular formula is C10H14BrN3O. The Hall–Kier alpha value is -0.680. The molecule has 2 rings (SSSR count). The number of aromatic nitrogens is 2. The van der Waals surface area contributed by atoms with E-state index >= 15 is 0 Å². The SMILES string of the molecule is CC1OCCC1N(C)c1cc(Br)ncn1. The molecule has 1 aromatic heterocycles. The molecule has 0 aliphatic carbocycles. The van der Waals surface area contributed by atoms with Crippen molar-refractivity contribution in [2.45, 2.75) is 25.5 Å². The molecule has 0 saturated carbocycles. The Labute approximate surface area is 97.8 Å². The lowest BCUT2D eigenvalue weighted by Crippen LogP contribution is -2.37. The quantitative estimate of drug-likeness (QED) is 0.770. The van der Waals surface area contributed by atoms with E-state index in [0.29, 0.717) is 6.04 Å². The molecule has 15 heavy (non-hydrogen) atoms. The number of hydrogen-bond donors (Lipinski definition) is 0. The predicted molar refractivity (Wildman–Crippen MR) is 62.0 cm³/mol. The van der Waals surface area contributed by atoms with Crippen molar-refractivity contribution in [1.29, 1.82) is 0 Å². The molecule has 1 aliphatic rings. The monoisotopic (exact) mass is 271 g/mol. The molecule has 0 N–H and O–H groups in total. The average molecular weight is 272 g/mol. The van der Waals surface area contributed by atoms with Crippen molar-refractivity contribution >= 4 is 21.7 Å². The van der Waals surface area contributed by atoms with E-state index in [1.165, 1.54) is 0 Å². The van der Waals surface area contributed by atoms with Crippen LogP contribution in [0.15, 0.2) is 17.0 Å². The lowest BCUT2D eigenvalue weighted by atomic mass is 10.1. The Morgan fingerprint density at radius 1 is 1.53 bits per heavy atom. The van der Waals surface area contributed by atoms with Crippen LogP contribution < -0.4 is 4.90 Å². The maximum absolute atomic E-state index is 5.54. The molecule has 1 fully saturated rings. The van der Waals surface area contributed by atoms with Gasteiger partial charge < -0.3 is 9.64 Å². The molecule has 5 heteroatoms. The summed E-state index contributed by atoms with van der Waals surface area (Å²) in [5.41, 5.74) is 0. The zero-order chi connectivity index (χ0) is 10.8. The van der Waals surface area contributed by atoms with Crippen LogP contribution in [0.3, 0.4) is 0 Å². The van der Waals surface area contributed by atoms with Gasteiger partial charge >= 0.3 is 0 Å². The van der Waals surface area contributed by atoms with Crippen molar-refractivity contribution in [2.75, 3.05) is 18.6 Å². The van der Waals surface area contributed by atoms with Crippen LogP contribution in [0.2, 0.25) is 0 Å². The molecule has 1 aliphatic heterocycles. The molecule has 1 saturated heterocycles. The van der Waals surface area contributed by atoms with Gasteiger partial charge in [0.05, 0.1) is 12.1 Å². The molecule has 82 valence electrons. The normalized spacial score (nSPS) is 25.5. The van der Waals surface area contributed by atoms with Gasteiger partial charge in [0, 0.05) is 19.7 Å². The molecule has 0 bridgehead atoms.